The van der Waals surface area contributed by atoms with Crippen LogP contribution in [0.4, 0.5) is 5.69 Å². The molecule has 0 aliphatic heterocycles. The van der Waals surface area contributed by atoms with Crippen molar-refractivity contribution in [3.8, 4) is 12.1 Å². The van der Waals surface area contributed by atoms with Crippen LogP contribution in [0.5, 0.6) is 0 Å². The van der Waals surface area contributed by atoms with Crippen molar-refractivity contribution in [2.75, 3.05) is 5.43 Å². The van der Waals surface area contributed by atoms with Crippen LogP contribution >= 0.6 is 15.9 Å². The zero-order valence-electron chi connectivity index (χ0n) is 9.05. The van der Waals surface area contributed by atoms with E-state index < -0.39 is 0 Å². The van der Waals surface area contributed by atoms with Gasteiger partial charge >= 0.3 is 0 Å². The number of benzene rings is 1. The number of hydrazone groups is 1. The first-order chi connectivity index (χ1) is 8.76. The number of nitrogens with one attached hydrogen (secondary N) is 1. The van der Waals surface area contributed by atoms with Crippen molar-refractivity contribution < 1.29 is 0 Å². The Labute approximate surface area is 111 Å². The molecule has 0 bridgehead atoms. The summed E-state index contributed by atoms with van der Waals surface area (Å²) in [5, 5.41) is 22.7. The van der Waals surface area contributed by atoms with E-state index in [1.54, 1.807) is 24.5 Å². The fourth-order valence-electron chi connectivity index (χ4n) is 1.44. The second-order valence-electron chi connectivity index (χ2n) is 3.31. The summed E-state index contributed by atoms with van der Waals surface area (Å²) in [4.78, 5) is 4.04. The van der Waals surface area contributed by atoms with Crippen molar-refractivity contribution in [3.63, 3.8) is 0 Å². The van der Waals surface area contributed by atoms with E-state index in [4.69, 9.17) is 10.5 Å². The standard InChI is InChI=1S/C12H6BrN5/c13-11-1-2-12(18-17-8(5-14)6-15)9-3-4-16-7-10(9)11/h1-4,7,18H. The quantitative estimate of drug-likeness (QED) is 0.682. The van der Waals surface area contributed by atoms with Gasteiger partial charge in [0.05, 0.1) is 5.69 Å². The number of rotatable bonds is 2. The summed E-state index contributed by atoms with van der Waals surface area (Å²) in [7, 11) is 0. The van der Waals surface area contributed by atoms with Crippen molar-refractivity contribution in [2.45, 2.75) is 0 Å². The maximum Gasteiger partial charge on any atom is 0.237 e. The minimum atomic E-state index is -0.222. The van der Waals surface area contributed by atoms with Gasteiger partial charge in [-0.1, -0.05) is 15.9 Å². The Bertz CT molecular complexity index is 692. The van der Waals surface area contributed by atoms with Gasteiger partial charge in [-0.25, -0.2) is 0 Å². The minimum absolute atomic E-state index is 0.222. The molecule has 0 aliphatic carbocycles. The third-order valence-electron chi connectivity index (χ3n) is 2.26. The van der Waals surface area contributed by atoms with Gasteiger partial charge < -0.3 is 0 Å². The number of hydrogen-bond donors (Lipinski definition) is 1. The molecular formula is C12H6BrN5. The second-order valence-corrected chi connectivity index (χ2v) is 4.17. The maximum atomic E-state index is 8.60. The first-order valence-electron chi connectivity index (χ1n) is 4.92. The molecule has 0 fully saturated rings. The molecule has 0 spiro atoms. The van der Waals surface area contributed by atoms with E-state index in [2.05, 4.69) is 31.4 Å². The number of hydrogen-bond acceptors (Lipinski definition) is 5. The highest BCUT2D eigenvalue weighted by atomic mass is 79.9. The molecule has 2 rings (SSSR count). The van der Waals surface area contributed by atoms with E-state index in [1.807, 2.05) is 18.2 Å². The SMILES string of the molecule is N#CC(C#N)=NNc1ccc(Br)c2cnccc12. The summed E-state index contributed by atoms with van der Waals surface area (Å²) in [6, 6.07) is 8.86. The van der Waals surface area contributed by atoms with Crippen LogP contribution in [0.25, 0.3) is 10.8 Å². The molecule has 18 heavy (non-hydrogen) atoms. The van der Waals surface area contributed by atoms with Gasteiger partial charge in [0.15, 0.2) is 0 Å². The Morgan fingerprint density at radius 1 is 1.22 bits per heavy atom. The topological polar surface area (TPSA) is 84.9 Å². The first kappa shape index (κ1) is 12.0. The first-order valence-corrected chi connectivity index (χ1v) is 5.71. The van der Waals surface area contributed by atoms with E-state index in [1.165, 1.54) is 0 Å². The lowest BCUT2D eigenvalue weighted by atomic mass is 10.1. The number of anilines is 1. The molecule has 0 aliphatic rings. The molecule has 0 radical (unpaired) electrons. The number of fused-ring (bicyclic) bond motifs is 1. The van der Waals surface area contributed by atoms with Crippen LogP contribution in [0, 0.1) is 22.7 Å². The van der Waals surface area contributed by atoms with Crippen LogP contribution in [-0.4, -0.2) is 10.7 Å². The molecule has 1 aromatic carbocycles. The molecule has 0 saturated carbocycles. The highest BCUT2D eigenvalue weighted by Crippen LogP contribution is 2.29. The Morgan fingerprint density at radius 2 is 2.00 bits per heavy atom. The van der Waals surface area contributed by atoms with Gasteiger partial charge in [0.25, 0.3) is 0 Å². The maximum absolute atomic E-state index is 8.60. The Morgan fingerprint density at radius 3 is 2.72 bits per heavy atom. The van der Waals surface area contributed by atoms with Crippen LogP contribution in [0.15, 0.2) is 40.2 Å². The normalized spacial score (nSPS) is 9.28. The smallest absolute Gasteiger partial charge is 0.237 e. The summed E-state index contributed by atoms with van der Waals surface area (Å²) in [5.74, 6) is 0. The molecule has 1 aromatic heterocycles. The van der Waals surface area contributed by atoms with E-state index in [-0.39, 0.29) is 5.71 Å². The van der Waals surface area contributed by atoms with Crippen molar-refractivity contribution in [2.24, 2.45) is 5.10 Å². The monoisotopic (exact) mass is 299 g/mol. The van der Waals surface area contributed by atoms with Crippen molar-refractivity contribution in [1.82, 2.24) is 4.98 Å². The molecule has 5 nitrogen and oxygen atoms in total. The van der Waals surface area contributed by atoms with E-state index >= 15 is 0 Å². The van der Waals surface area contributed by atoms with Gasteiger partial charge in [0.2, 0.25) is 5.71 Å². The van der Waals surface area contributed by atoms with E-state index in [9.17, 15) is 0 Å². The fraction of sp³-hybridized carbons (Fsp3) is 0. The van der Waals surface area contributed by atoms with Gasteiger partial charge in [-0.05, 0) is 18.2 Å². The lowest BCUT2D eigenvalue weighted by molar-refractivity contribution is 1.33. The Hall–Kier alpha value is -2.44. The van der Waals surface area contributed by atoms with E-state index in [0.29, 0.717) is 5.69 Å². The summed E-state index contributed by atoms with van der Waals surface area (Å²) in [6.45, 7) is 0. The zero-order chi connectivity index (χ0) is 13.0. The molecule has 1 heterocycles. The van der Waals surface area contributed by atoms with Crippen LogP contribution in [-0.2, 0) is 0 Å². The van der Waals surface area contributed by atoms with Gasteiger partial charge in [0, 0.05) is 27.6 Å². The largest absolute Gasteiger partial charge is 0.276 e. The summed E-state index contributed by atoms with van der Waals surface area (Å²) in [5.41, 5.74) is 3.20. The van der Waals surface area contributed by atoms with E-state index in [0.717, 1.165) is 15.2 Å². The minimum Gasteiger partial charge on any atom is -0.276 e. The third kappa shape index (κ3) is 2.29. The van der Waals surface area contributed by atoms with Gasteiger partial charge in [0.1, 0.15) is 12.1 Å². The zero-order valence-corrected chi connectivity index (χ0v) is 10.6. The fourth-order valence-corrected chi connectivity index (χ4v) is 1.89. The molecule has 2 aromatic rings. The average Bonchev–Trinajstić information content (AvgIpc) is 2.42. The average molecular weight is 300 g/mol. The van der Waals surface area contributed by atoms with Crippen LogP contribution in [0.1, 0.15) is 0 Å². The number of halogens is 1. The molecule has 1 N–H and O–H groups in total. The van der Waals surface area contributed by atoms with Crippen LogP contribution < -0.4 is 5.43 Å². The Kier molecular flexibility index (Phi) is 3.52. The third-order valence-corrected chi connectivity index (χ3v) is 2.96. The number of pyridine rings is 1. The highest BCUT2D eigenvalue weighted by Gasteiger charge is 2.04. The lowest BCUT2D eigenvalue weighted by Gasteiger charge is -2.06. The lowest BCUT2D eigenvalue weighted by Crippen LogP contribution is -1.97. The highest BCUT2D eigenvalue weighted by molar-refractivity contribution is 9.10. The summed E-state index contributed by atoms with van der Waals surface area (Å²) in [6.07, 6.45) is 3.39. The summed E-state index contributed by atoms with van der Waals surface area (Å²) >= 11 is 3.43. The van der Waals surface area contributed by atoms with Gasteiger partial charge in [-0.2, -0.15) is 15.6 Å². The second kappa shape index (κ2) is 5.26. The van der Waals surface area contributed by atoms with Gasteiger partial charge in [-0.15, -0.1) is 0 Å². The predicted octanol–water partition coefficient (Wildman–Crippen LogP) is 2.81. The van der Waals surface area contributed by atoms with Crippen molar-refractivity contribution in [3.05, 3.63) is 35.1 Å². The number of nitriles is 2. The van der Waals surface area contributed by atoms with Crippen molar-refractivity contribution >= 4 is 38.1 Å². The number of aromatic nitrogens is 1. The molecule has 86 valence electrons. The summed E-state index contributed by atoms with van der Waals surface area (Å²) < 4.78 is 0.918. The van der Waals surface area contributed by atoms with Crippen molar-refractivity contribution in [1.29, 1.82) is 10.5 Å². The molecule has 6 heteroatoms. The molecule has 0 saturated heterocycles. The van der Waals surface area contributed by atoms with Crippen LogP contribution in [0.3, 0.4) is 0 Å². The molecular weight excluding hydrogens is 294 g/mol. The van der Waals surface area contributed by atoms with Gasteiger partial charge in [-0.3, -0.25) is 10.4 Å². The molecule has 0 unspecified atom stereocenters. The molecule has 0 atom stereocenters. The predicted molar refractivity (Wildman–Crippen MR) is 71.7 cm³/mol. The number of nitrogens with zero attached hydrogens (tertiary/aromatic N) is 4. The Balaban J connectivity index is 2.48. The van der Waals surface area contributed by atoms with Crippen LogP contribution in [0.2, 0.25) is 0 Å². The molecule has 0 amide bonds.